The molecule has 1 aliphatic carbocycles. The molecule has 1 aromatic heterocycles. The van der Waals surface area contributed by atoms with Crippen molar-refractivity contribution >= 4 is 17.3 Å². The Labute approximate surface area is 96.1 Å². The smallest absolute Gasteiger partial charge is 0.131 e. The Hall–Kier alpha value is -0.760. The second-order valence-electron chi connectivity index (χ2n) is 4.61. The number of halogens is 1. The van der Waals surface area contributed by atoms with Crippen LogP contribution in [0.3, 0.4) is 0 Å². The molecule has 2 nitrogen and oxygen atoms in total. The number of anilines is 1. The van der Waals surface area contributed by atoms with Crippen LogP contribution in [0.1, 0.15) is 39.0 Å². The minimum absolute atomic E-state index is 0.239. The summed E-state index contributed by atoms with van der Waals surface area (Å²) < 4.78 is 0. The Balaban J connectivity index is 2.06. The van der Waals surface area contributed by atoms with Crippen molar-refractivity contribution in [2.75, 3.05) is 5.32 Å². The molecule has 1 saturated carbocycles. The number of hydrogen-bond donors (Lipinski definition) is 1. The van der Waals surface area contributed by atoms with Crippen molar-refractivity contribution in [3.05, 3.63) is 23.5 Å². The summed E-state index contributed by atoms with van der Waals surface area (Å²) in [4.78, 5) is 3.98. The van der Waals surface area contributed by atoms with Gasteiger partial charge in [0.25, 0.3) is 0 Å². The van der Waals surface area contributed by atoms with E-state index in [1.54, 1.807) is 6.20 Å². The molecule has 0 saturated heterocycles. The van der Waals surface area contributed by atoms with Crippen LogP contribution < -0.4 is 5.32 Å². The molecule has 0 aromatic carbocycles. The van der Waals surface area contributed by atoms with Crippen LogP contribution in [0, 0.1) is 0 Å². The Morgan fingerprint density at radius 2 is 2.07 bits per heavy atom. The highest BCUT2D eigenvalue weighted by Gasteiger charge is 2.26. The highest BCUT2D eigenvalue weighted by atomic mass is 35.5. The molecule has 0 amide bonds. The largest absolute Gasteiger partial charge is 0.380 e. The van der Waals surface area contributed by atoms with E-state index in [4.69, 9.17) is 11.6 Å². The topological polar surface area (TPSA) is 24.9 Å². The van der Waals surface area contributed by atoms with E-state index in [1.807, 2.05) is 12.1 Å². The van der Waals surface area contributed by atoms with Crippen LogP contribution in [0.25, 0.3) is 0 Å². The third-order valence-electron chi connectivity index (χ3n) is 3.13. The van der Waals surface area contributed by atoms with Gasteiger partial charge in [-0.05, 0) is 31.9 Å². The third kappa shape index (κ3) is 2.85. The van der Waals surface area contributed by atoms with Crippen molar-refractivity contribution in [1.29, 1.82) is 0 Å². The van der Waals surface area contributed by atoms with E-state index in [1.165, 1.54) is 32.1 Å². The molecule has 0 unspecified atom stereocenters. The highest BCUT2D eigenvalue weighted by molar-refractivity contribution is 6.29. The molecule has 15 heavy (non-hydrogen) atoms. The molecule has 0 atom stereocenters. The molecular formula is C12H17ClN2. The van der Waals surface area contributed by atoms with Gasteiger partial charge >= 0.3 is 0 Å². The summed E-state index contributed by atoms with van der Waals surface area (Å²) in [6, 6.07) is 3.87. The van der Waals surface area contributed by atoms with Crippen molar-refractivity contribution in [2.45, 2.75) is 44.6 Å². The van der Waals surface area contributed by atoms with Crippen molar-refractivity contribution in [3.63, 3.8) is 0 Å². The van der Waals surface area contributed by atoms with Gasteiger partial charge in [-0.1, -0.05) is 30.9 Å². The number of aromatic nitrogens is 1. The van der Waals surface area contributed by atoms with Gasteiger partial charge in [0.1, 0.15) is 5.15 Å². The van der Waals surface area contributed by atoms with E-state index in [0.717, 1.165) is 5.69 Å². The molecule has 0 radical (unpaired) electrons. The van der Waals surface area contributed by atoms with Crippen molar-refractivity contribution < 1.29 is 0 Å². The summed E-state index contributed by atoms with van der Waals surface area (Å²) in [6.45, 7) is 2.29. The van der Waals surface area contributed by atoms with Gasteiger partial charge in [-0.25, -0.2) is 4.98 Å². The highest BCUT2D eigenvalue weighted by Crippen LogP contribution is 2.31. The van der Waals surface area contributed by atoms with E-state index in [9.17, 15) is 0 Å². The molecule has 0 bridgehead atoms. The maximum Gasteiger partial charge on any atom is 0.131 e. The Morgan fingerprint density at radius 1 is 1.33 bits per heavy atom. The van der Waals surface area contributed by atoms with Crippen molar-refractivity contribution in [2.24, 2.45) is 0 Å². The summed E-state index contributed by atoms with van der Waals surface area (Å²) >= 11 is 5.86. The Bertz CT molecular complexity index is 332. The Morgan fingerprint density at radius 3 is 2.73 bits per heavy atom. The van der Waals surface area contributed by atoms with Crippen LogP contribution in [0.5, 0.6) is 0 Å². The van der Waals surface area contributed by atoms with Gasteiger partial charge in [0.2, 0.25) is 0 Å². The van der Waals surface area contributed by atoms with Gasteiger partial charge in [-0.15, -0.1) is 0 Å². The van der Waals surface area contributed by atoms with Crippen LogP contribution in [-0.2, 0) is 0 Å². The summed E-state index contributed by atoms with van der Waals surface area (Å²) in [7, 11) is 0. The zero-order valence-corrected chi connectivity index (χ0v) is 9.85. The van der Waals surface area contributed by atoms with Gasteiger partial charge in [0.05, 0.1) is 0 Å². The molecule has 1 aliphatic rings. The molecular weight excluding hydrogens is 208 g/mol. The number of pyridine rings is 1. The van der Waals surface area contributed by atoms with E-state index < -0.39 is 0 Å². The second-order valence-corrected chi connectivity index (χ2v) is 5.00. The minimum atomic E-state index is 0.239. The lowest BCUT2D eigenvalue weighted by Gasteiger charge is -2.35. The maximum absolute atomic E-state index is 5.86. The first-order valence-electron chi connectivity index (χ1n) is 5.58. The van der Waals surface area contributed by atoms with Crippen LogP contribution in [-0.4, -0.2) is 10.5 Å². The normalized spacial score (nSPS) is 19.9. The molecule has 2 rings (SSSR count). The fraction of sp³-hybridized carbons (Fsp3) is 0.583. The van der Waals surface area contributed by atoms with Crippen LogP contribution in [0.2, 0.25) is 5.15 Å². The van der Waals surface area contributed by atoms with Gasteiger partial charge in [-0.2, -0.15) is 0 Å². The number of rotatable bonds is 2. The minimum Gasteiger partial charge on any atom is -0.380 e. The zero-order chi connectivity index (χ0) is 10.7. The predicted octanol–water partition coefficient (Wildman–Crippen LogP) is 3.87. The quantitative estimate of drug-likeness (QED) is 0.772. The average Bonchev–Trinajstić information content (AvgIpc) is 2.18. The lowest BCUT2D eigenvalue weighted by atomic mass is 9.83. The third-order valence-corrected chi connectivity index (χ3v) is 3.34. The monoisotopic (exact) mass is 224 g/mol. The summed E-state index contributed by atoms with van der Waals surface area (Å²) in [5.74, 6) is 0. The lowest BCUT2D eigenvalue weighted by molar-refractivity contribution is 0.349. The molecule has 1 N–H and O–H groups in total. The van der Waals surface area contributed by atoms with Crippen molar-refractivity contribution in [1.82, 2.24) is 4.98 Å². The molecule has 1 aromatic rings. The molecule has 0 aliphatic heterocycles. The van der Waals surface area contributed by atoms with Crippen LogP contribution in [0.15, 0.2) is 18.3 Å². The van der Waals surface area contributed by atoms with Gasteiger partial charge in [0.15, 0.2) is 0 Å². The number of hydrogen-bond acceptors (Lipinski definition) is 2. The fourth-order valence-corrected chi connectivity index (χ4v) is 2.46. The SMILES string of the molecule is CC1(Nc2ccnc(Cl)c2)CCCCC1. The fourth-order valence-electron chi connectivity index (χ4n) is 2.29. The molecule has 82 valence electrons. The zero-order valence-electron chi connectivity index (χ0n) is 9.09. The molecule has 3 heteroatoms. The predicted molar refractivity (Wildman–Crippen MR) is 64.4 cm³/mol. The number of nitrogens with one attached hydrogen (secondary N) is 1. The first-order chi connectivity index (χ1) is 7.18. The lowest BCUT2D eigenvalue weighted by Crippen LogP contribution is -2.36. The van der Waals surface area contributed by atoms with E-state index in [-0.39, 0.29) is 5.54 Å². The van der Waals surface area contributed by atoms with Crippen molar-refractivity contribution in [3.8, 4) is 0 Å². The van der Waals surface area contributed by atoms with E-state index >= 15 is 0 Å². The second kappa shape index (κ2) is 4.40. The maximum atomic E-state index is 5.86. The summed E-state index contributed by atoms with van der Waals surface area (Å²) in [6.07, 6.45) is 8.25. The molecule has 0 spiro atoms. The van der Waals surface area contributed by atoms with Gasteiger partial charge in [-0.3, -0.25) is 0 Å². The average molecular weight is 225 g/mol. The van der Waals surface area contributed by atoms with Gasteiger partial charge < -0.3 is 5.32 Å². The standard InChI is InChI=1S/C12H17ClN2/c1-12(6-3-2-4-7-12)15-10-5-8-14-11(13)9-10/h5,8-9H,2-4,6-7H2,1H3,(H,14,15). The van der Waals surface area contributed by atoms with E-state index in [2.05, 4.69) is 17.2 Å². The van der Waals surface area contributed by atoms with Crippen LogP contribution in [0.4, 0.5) is 5.69 Å². The first-order valence-corrected chi connectivity index (χ1v) is 5.96. The molecule has 1 fully saturated rings. The first kappa shape index (κ1) is 10.7. The number of nitrogens with zero attached hydrogens (tertiary/aromatic N) is 1. The van der Waals surface area contributed by atoms with Gasteiger partial charge in [0, 0.05) is 17.4 Å². The van der Waals surface area contributed by atoms with E-state index in [0.29, 0.717) is 5.15 Å². The molecule has 1 heterocycles. The Kier molecular flexibility index (Phi) is 3.15. The van der Waals surface area contributed by atoms with Crippen LogP contribution >= 0.6 is 11.6 Å². The summed E-state index contributed by atoms with van der Waals surface area (Å²) in [5.41, 5.74) is 1.32. The summed E-state index contributed by atoms with van der Waals surface area (Å²) in [5, 5.41) is 4.13.